The van der Waals surface area contributed by atoms with E-state index in [1.54, 1.807) is 14.2 Å². The van der Waals surface area contributed by atoms with Crippen molar-refractivity contribution in [1.29, 1.82) is 0 Å². The van der Waals surface area contributed by atoms with E-state index in [0.29, 0.717) is 19.1 Å². The van der Waals surface area contributed by atoms with Gasteiger partial charge in [0.1, 0.15) is 0 Å². The molecule has 2 aliphatic rings. The average Bonchev–Trinajstić information content (AvgIpc) is 3.33. The Labute approximate surface area is 161 Å². The Balaban J connectivity index is 1.45. The van der Waals surface area contributed by atoms with Gasteiger partial charge < -0.3 is 24.6 Å². The molecule has 2 heterocycles. The van der Waals surface area contributed by atoms with Crippen LogP contribution in [0.2, 0.25) is 0 Å². The van der Waals surface area contributed by atoms with Gasteiger partial charge in [0.05, 0.1) is 26.4 Å². The van der Waals surface area contributed by atoms with Crippen LogP contribution in [0.15, 0.2) is 29.3 Å². The minimum absolute atomic E-state index is 0.0831. The maximum Gasteiger partial charge on any atom is 0.246 e. The molecule has 0 saturated carbocycles. The summed E-state index contributed by atoms with van der Waals surface area (Å²) in [5, 5.41) is 3.24. The van der Waals surface area contributed by atoms with Gasteiger partial charge in [-0.3, -0.25) is 9.79 Å². The van der Waals surface area contributed by atoms with Crippen LogP contribution in [0.4, 0.5) is 5.69 Å². The molecule has 148 valence electrons. The van der Waals surface area contributed by atoms with Crippen molar-refractivity contribution in [3.63, 3.8) is 0 Å². The van der Waals surface area contributed by atoms with Crippen LogP contribution in [0.5, 0.6) is 0 Å². The number of methoxy groups -OCH3 is 1. The Bertz CT molecular complexity index is 664. The molecule has 0 aromatic heterocycles. The maximum absolute atomic E-state index is 12.7. The molecule has 2 aliphatic heterocycles. The fourth-order valence-electron chi connectivity index (χ4n) is 3.73. The highest BCUT2D eigenvalue weighted by molar-refractivity contribution is 5.98. The number of ether oxygens (including phenoxy) is 2. The molecule has 1 saturated heterocycles. The monoisotopic (exact) mass is 374 g/mol. The number of nitrogens with one attached hydrogen (secondary N) is 1. The second-order valence-electron chi connectivity index (χ2n) is 6.99. The fourth-order valence-corrected chi connectivity index (χ4v) is 3.73. The summed E-state index contributed by atoms with van der Waals surface area (Å²) in [6.07, 6.45) is 1.99. The van der Waals surface area contributed by atoms with E-state index in [4.69, 9.17) is 9.47 Å². The molecule has 0 aliphatic carbocycles. The summed E-state index contributed by atoms with van der Waals surface area (Å²) in [4.78, 5) is 21.1. The first-order valence-corrected chi connectivity index (χ1v) is 9.63. The number of nitrogens with zero attached hydrogens (tertiary/aromatic N) is 3. The second-order valence-corrected chi connectivity index (χ2v) is 6.99. The predicted molar refractivity (Wildman–Crippen MR) is 106 cm³/mol. The van der Waals surface area contributed by atoms with Gasteiger partial charge in [0.15, 0.2) is 5.96 Å². The molecule has 1 aromatic carbocycles. The van der Waals surface area contributed by atoms with Gasteiger partial charge in [-0.25, -0.2) is 0 Å². The number of amides is 1. The van der Waals surface area contributed by atoms with Crippen molar-refractivity contribution in [2.45, 2.75) is 12.8 Å². The fraction of sp³-hybridized carbons (Fsp3) is 0.600. The third-order valence-electron chi connectivity index (χ3n) is 5.17. The number of fused-ring (bicyclic) bond motifs is 1. The number of para-hydroxylation sites is 1. The van der Waals surface area contributed by atoms with Crippen molar-refractivity contribution < 1.29 is 14.3 Å². The minimum Gasteiger partial charge on any atom is -0.382 e. The Morgan fingerprint density at radius 1 is 1.30 bits per heavy atom. The quantitative estimate of drug-likeness (QED) is 0.440. The lowest BCUT2D eigenvalue weighted by atomic mass is 10.1. The van der Waals surface area contributed by atoms with Gasteiger partial charge in [0.25, 0.3) is 0 Å². The Morgan fingerprint density at radius 2 is 2.15 bits per heavy atom. The van der Waals surface area contributed by atoms with Crippen molar-refractivity contribution in [2.75, 3.05) is 65.1 Å². The first-order valence-electron chi connectivity index (χ1n) is 9.63. The van der Waals surface area contributed by atoms with Gasteiger partial charge in [-0.1, -0.05) is 18.2 Å². The zero-order valence-corrected chi connectivity index (χ0v) is 16.3. The topological polar surface area (TPSA) is 66.4 Å². The third kappa shape index (κ3) is 4.99. The van der Waals surface area contributed by atoms with Crippen LogP contribution in [0, 0.1) is 5.92 Å². The van der Waals surface area contributed by atoms with E-state index in [-0.39, 0.29) is 12.5 Å². The molecule has 0 bridgehead atoms. The summed E-state index contributed by atoms with van der Waals surface area (Å²) in [6.45, 7) is 4.83. The number of carbonyl (C=O) groups excluding carboxylic acids is 1. The molecule has 1 atom stereocenters. The Hall–Kier alpha value is -2.12. The van der Waals surface area contributed by atoms with Crippen molar-refractivity contribution >= 4 is 17.6 Å². The number of hydrogen-bond acceptors (Lipinski definition) is 4. The highest BCUT2D eigenvalue weighted by Gasteiger charge is 2.27. The van der Waals surface area contributed by atoms with Crippen LogP contribution < -0.4 is 10.2 Å². The van der Waals surface area contributed by atoms with Gasteiger partial charge in [-0.15, -0.1) is 0 Å². The van der Waals surface area contributed by atoms with Crippen LogP contribution in [-0.2, 0) is 20.7 Å². The number of aliphatic imine (C=N–C) groups is 1. The summed E-state index contributed by atoms with van der Waals surface area (Å²) in [5.74, 6) is 1.36. The molecule has 3 rings (SSSR count). The van der Waals surface area contributed by atoms with Crippen molar-refractivity contribution in [3.8, 4) is 0 Å². The third-order valence-corrected chi connectivity index (χ3v) is 5.17. The van der Waals surface area contributed by atoms with E-state index >= 15 is 0 Å². The maximum atomic E-state index is 12.7. The predicted octanol–water partition coefficient (Wildman–Crippen LogP) is 1.14. The molecule has 1 amide bonds. The lowest BCUT2D eigenvalue weighted by Crippen LogP contribution is -2.45. The van der Waals surface area contributed by atoms with Crippen LogP contribution in [0.25, 0.3) is 0 Å². The summed E-state index contributed by atoms with van der Waals surface area (Å²) in [6, 6.07) is 8.11. The molecule has 27 heavy (non-hydrogen) atoms. The van der Waals surface area contributed by atoms with Crippen molar-refractivity contribution in [2.24, 2.45) is 10.9 Å². The first-order chi connectivity index (χ1) is 13.2. The molecular formula is C20H30N4O3. The Morgan fingerprint density at radius 3 is 2.96 bits per heavy atom. The van der Waals surface area contributed by atoms with Crippen molar-refractivity contribution in [3.05, 3.63) is 29.8 Å². The molecule has 1 N–H and O–H groups in total. The first kappa shape index (κ1) is 19.6. The molecule has 1 aromatic rings. The SMILES string of the molecule is CN=C(NCC(=O)N1CCc2ccccc21)N1CCC(COCCOC)C1. The largest absolute Gasteiger partial charge is 0.382 e. The molecule has 7 heteroatoms. The lowest BCUT2D eigenvalue weighted by Gasteiger charge is -2.23. The van der Waals surface area contributed by atoms with Crippen LogP contribution >= 0.6 is 0 Å². The van der Waals surface area contributed by atoms with E-state index < -0.39 is 0 Å². The highest BCUT2D eigenvalue weighted by atomic mass is 16.5. The van der Waals surface area contributed by atoms with Crippen molar-refractivity contribution in [1.82, 2.24) is 10.2 Å². The smallest absolute Gasteiger partial charge is 0.246 e. The number of benzene rings is 1. The zero-order valence-electron chi connectivity index (χ0n) is 16.3. The normalized spacial score (nSPS) is 19.5. The number of anilines is 1. The molecule has 0 spiro atoms. The van der Waals surface area contributed by atoms with Gasteiger partial charge in [0, 0.05) is 45.4 Å². The van der Waals surface area contributed by atoms with E-state index in [9.17, 15) is 4.79 Å². The minimum atomic E-state index is 0.0831. The summed E-state index contributed by atoms with van der Waals surface area (Å²) >= 11 is 0. The van der Waals surface area contributed by atoms with E-state index in [1.807, 2.05) is 23.1 Å². The molecule has 0 radical (unpaired) electrons. The molecule has 7 nitrogen and oxygen atoms in total. The van der Waals surface area contributed by atoms with E-state index in [0.717, 1.165) is 50.7 Å². The number of guanidine groups is 1. The average molecular weight is 374 g/mol. The number of carbonyl (C=O) groups is 1. The Kier molecular flexibility index (Phi) is 7.06. The van der Waals surface area contributed by atoms with Gasteiger partial charge in [-0.05, 0) is 24.5 Å². The standard InChI is InChI=1S/C20H30N4O3/c1-21-20(23-9-7-16(14-23)15-27-12-11-26-2)22-13-19(25)24-10-8-17-5-3-4-6-18(17)24/h3-6,16H,7-15H2,1-2H3,(H,21,22). The number of hydrogen-bond donors (Lipinski definition) is 1. The lowest BCUT2D eigenvalue weighted by molar-refractivity contribution is -0.117. The van der Waals surface area contributed by atoms with Crippen LogP contribution in [-0.4, -0.2) is 76.9 Å². The number of rotatable bonds is 7. The van der Waals surface area contributed by atoms with Gasteiger partial charge in [0.2, 0.25) is 5.91 Å². The van der Waals surface area contributed by atoms with Gasteiger partial charge >= 0.3 is 0 Å². The number of likely N-dealkylation sites (tertiary alicyclic amines) is 1. The second kappa shape index (κ2) is 9.71. The van der Waals surface area contributed by atoms with Crippen LogP contribution in [0.3, 0.4) is 0 Å². The zero-order chi connectivity index (χ0) is 19.1. The summed E-state index contributed by atoms with van der Waals surface area (Å²) < 4.78 is 10.6. The van der Waals surface area contributed by atoms with E-state index in [2.05, 4.69) is 21.3 Å². The summed E-state index contributed by atoms with van der Waals surface area (Å²) in [5.41, 5.74) is 2.28. The van der Waals surface area contributed by atoms with Gasteiger partial charge in [-0.2, -0.15) is 0 Å². The van der Waals surface area contributed by atoms with Crippen LogP contribution in [0.1, 0.15) is 12.0 Å². The molecular weight excluding hydrogens is 344 g/mol. The molecule has 1 unspecified atom stereocenters. The molecule has 1 fully saturated rings. The van der Waals surface area contributed by atoms with E-state index in [1.165, 1.54) is 5.56 Å². The summed E-state index contributed by atoms with van der Waals surface area (Å²) in [7, 11) is 3.44. The highest BCUT2D eigenvalue weighted by Crippen LogP contribution is 2.27.